The van der Waals surface area contributed by atoms with Crippen LogP contribution in [0.4, 0.5) is 0 Å². The molecule has 1 aromatic heterocycles. The van der Waals surface area contributed by atoms with Crippen molar-refractivity contribution in [1.29, 1.82) is 0 Å². The molecule has 104 valence electrons. The zero-order valence-electron chi connectivity index (χ0n) is 11.5. The predicted molar refractivity (Wildman–Crippen MR) is 75.8 cm³/mol. The lowest BCUT2D eigenvalue weighted by Crippen LogP contribution is -2.43. The van der Waals surface area contributed by atoms with Crippen LogP contribution >= 0.6 is 0 Å². The summed E-state index contributed by atoms with van der Waals surface area (Å²) in [5, 5.41) is 11.2. The smallest absolute Gasteiger partial charge is 0.214 e. The van der Waals surface area contributed by atoms with Crippen molar-refractivity contribution in [3.05, 3.63) is 47.3 Å². The highest BCUT2D eigenvalue weighted by molar-refractivity contribution is 6.07. The van der Waals surface area contributed by atoms with Gasteiger partial charge in [-0.05, 0) is 18.1 Å². The maximum Gasteiger partial charge on any atom is 0.214 e. The van der Waals surface area contributed by atoms with Gasteiger partial charge in [0.15, 0.2) is 5.69 Å². The van der Waals surface area contributed by atoms with Crippen LogP contribution in [-0.2, 0) is 6.42 Å². The van der Waals surface area contributed by atoms with Gasteiger partial charge in [-0.25, -0.2) is 4.68 Å². The fourth-order valence-electron chi connectivity index (χ4n) is 2.32. The number of nitrogens with one attached hydrogen (secondary N) is 1. The van der Waals surface area contributed by atoms with E-state index in [0.717, 1.165) is 25.9 Å². The molecule has 0 radical (unpaired) electrons. The first-order chi connectivity index (χ1) is 9.78. The van der Waals surface area contributed by atoms with Crippen LogP contribution < -0.4 is 5.32 Å². The number of aryl methyl sites for hydroxylation is 1. The van der Waals surface area contributed by atoms with Crippen LogP contribution in [-0.4, -0.2) is 33.9 Å². The molecule has 1 aromatic carbocycles. The summed E-state index contributed by atoms with van der Waals surface area (Å²) in [6.45, 7) is 3.92. The van der Waals surface area contributed by atoms with Gasteiger partial charge < -0.3 is 5.32 Å². The normalized spacial score (nSPS) is 15.1. The van der Waals surface area contributed by atoms with Crippen molar-refractivity contribution in [2.24, 2.45) is 0 Å². The highest BCUT2D eigenvalue weighted by atomic mass is 16.1. The van der Waals surface area contributed by atoms with E-state index in [4.69, 9.17) is 0 Å². The second kappa shape index (κ2) is 5.54. The molecule has 1 saturated heterocycles. The fraction of sp³-hybridized carbons (Fsp3) is 0.400. The number of ketones is 1. The molecule has 5 heteroatoms. The first kappa shape index (κ1) is 13.0. The summed E-state index contributed by atoms with van der Waals surface area (Å²) in [5.41, 5.74) is 2.30. The van der Waals surface area contributed by atoms with Crippen LogP contribution in [0.2, 0.25) is 0 Å². The topological polar surface area (TPSA) is 59.8 Å². The van der Waals surface area contributed by atoms with Gasteiger partial charge in [-0.2, -0.15) is 0 Å². The quantitative estimate of drug-likeness (QED) is 0.838. The van der Waals surface area contributed by atoms with Crippen LogP contribution in [0.15, 0.2) is 30.5 Å². The van der Waals surface area contributed by atoms with Gasteiger partial charge in [-0.3, -0.25) is 4.79 Å². The Morgan fingerprint density at radius 1 is 1.45 bits per heavy atom. The van der Waals surface area contributed by atoms with Gasteiger partial charge in [-0.15, -0.1) is 5.10 Å². The minimum absolute atomic E-state index is 0.0542. The molecular formula is C15H18N4O. The molecule has 0 saturated carbocycles. The van der Waals surface area contributed by atoms with E-state index in [1.54, 1.807) is 10.9 Å². The Kier molecular flexibility index (Phi) is 3.60. The molecule has 0 amide bonds. The largest absolute Gasteiger partial charge is 0.312 e. The molecule has 2 aromatic rings. The highest BCUT2D eigenvalue weighted by Crippen LogP contribution is 2.14. The summed E-state index contributed by atoms with van der Waals surface area (Å²) >= 11 is 0. The summed E-state index contributed by atoms with van der Waals surface area (Å²) in [5.74, 6) is -0.0542. The van der Waals surface area contributed by atoms with Gasteiger partial charge in [0.2, 0.25) is 5.78 Å². The Balaban J connectivity index is 1.80. The minimum Gasteiger partial charge on any atom is -0.312 e. The van der Waals surface area contributed by atoms with Crippen molar-refractivity contribution in [3.8, 4) is 0 Å². The van der Waals surface area contributed by atoms with Crippen LogP contribution in [0, 0.1) is 0 Å². The Morgan fingerprint density at radius 2 is 2.30 bits per heavy atom. The molecule has 0 aliphatic carbocycles. The summed E-state index contributed by atoms with van der Waals surface area (Å²) in [4.78, 5) is 12.4. The number of hydrogen-bond donors (Lipinski definition) is 1. The lowest BCUT2D eigenvalue weighted by molar-refractivity contribution is 0.103. The van der Waals surface area contributed by atoms with E-state index in [1.165, 1.54) is 5.56 Å². The van der Waals surface area contributed by atoms with E-state index >= 15 is 0 Å². The van der Waals surface area contributed by atoms with Gasteiger partial charge in [0.1, 0.15) is 0 Å². The van der Waals surface area contributed by atoms with Gasteiger partial charge in [0.05, 0.1) is 12.2 Å². The summed E-state index contributed by atoms with van der Waals surface area (Å²) < 4.78 is 1.78. The molecule has 0 spiro atoms. The van der Waals surface area contributed by atoms with E-state index in [1.807, 2.05) is 18.2 Å². The Bertz CT molecular complexity index is 616. The second-order valence-electron chi connectivity index (χ2n) is 5.18. The lowest BCUT2D eigenvalue weighted by Gasteiger charge is -2.26. The number of carbonyl (C=O) groups excluding carboxylic acids is 1. The zero-order chi connectivity index (χ0) is 13.9. The summed E-state index contributed by atoms with van der Waals surface area (Å²) in [7, 11) is 0. The predicted octanol–water partition coefficient (Wildman–Crippen LogP) is 1.61. The summed E-state index contributed by atoms with van der Waals surface area (Å²) in [6, 6.07) is 8.10. The number of aromatic nitrogens is 3. The highest BCUT2D eigenvalue weighted by Gasteiger charge is 2.22. The molecule has 1 N–H and O–H groups in total. The molecule has 0 bridgehead atoms. The third kappa shape index (κ3) is 2.49. The van der Waals surface area contributed by atoms with Crippen LogP contribution in [0.5, 0.6) is 0 Å². The third-order valence-corrected chi connectivity index (χ3v) is 3.60. The average molecular weight is 270 g/mol. The van der Waals surface area contributed by atoms with E-state index < -0.39 is 0 Å². The van der Waals surface area contributed by atoms with Crippen molar-refractivity contribution in [2.45, 2.75) is 25.8 Å². The number of rotatable bonds is 5. The molecule has 2 heterocycles. The number of carbonyl (C=O) groups is 1. The first-order valence-electron chi connectivity index (χ1n) is 7.04. The number of hydrogen-bond acceptors (Lipinski definition) is 4. The van der Waals surface area contributed by atoms with Crippen LogP contribution in [0.25, 0.3) is 0 Å². The molecule has 0 unspecified atom stereocenters. The molecule has 20 heavy (non-hydrogen) atoms. The fourth-order valence-corrected chi connectivity index (χ4v) is 2.32. The van der Waals surface area contributed by atoms with Gasteiger partial charge in [0, 0.05) is 18.7 Å². The SMILES string of the molecule is CCCc1cccc(C(=O)c2cn(C3CNC3)nn2)c1. The lowest BCUT2D eigenvalue weighted by atomic mass is 10.0. The van der Waals surface area contributed by atoms with Crippen molar-refractivity contribution in [2.75, 3.05) is 13.1 Å². The van der Waals surface area contributed by atoms with Gasteiger partial charge in [0.25, 0.3) is 0 Å². The number of nitrogens with zero attached hydrogens (tertiary/aromatic N) is 3. The van der Waals surface area contributed by atoms with E-state index in [-0.39, 0.29) is 5.78 Å². The standard InChI is InChI=1S/C15H18N4O/c1-2-4-11-5-3-6-12(7-11)15(20)14-10-19(18-17-14)13-8-16-9-13/h3,5-7,10,13,16H,2,4,8-9H2,1H3. The zero-order valence-corrected chi connectivity index (χ0v) is 11.5. The molecule has 1 fully saturated rings. The van der Waals surface area contributed by atoms with Gasteiger partial charge >= 0.3 is 0 Å². The maximum atomic E-state index is 12.4. The molecule has 1 aliphatic heterocycles. The van der Waals surface area contributed by atoms with Crippen molar-refractivity contribution < 1.29 is 4.79 Å². The maximum absolute atomic E-state index is 12.4. The van der Waals surface area contributed by atoms with Crippen molar-refractivity contribution >= 4 is 5.78 Å². The van der Waals surface area contributed by atoms with E-state index in [9.17, 15) is 4.79 Å². The minimum atomic E-state index is -0.0542. The van der Waals surface area contributed by atoms with Crippen molar-refractivity contribution in [3.63, 3.8) is 0 Å². The second-order valence-corrected chi connectivity index (χ2v) is 5.18. The number of benzene rings is 1. The average Bonchev–Trinajstić information content (AvgIpc) is 2.86. The van der Waals surface area contributed by atoms with E-state index in [2.05, 4.69) is 28.6 Å². The molecule has 1 aliphatic rings. The molecule has 5 nitrogen and oxygen atoms in total. The first-order valence-corrected chi connectivity index (χ1v) is 7.04. The van der Waals surface area contributed by atoms with Crippen LogP contribution in [0.3, 0.4) is 0 Å². The van der Waals surface area contributed by atoms with E-state index in [0.29, 0.717) is 17.3 Å². The summed E-state index contributed by atoms with van der Waals surface area (Å²) in [6.07, 6.45) is 3.81. The Labute approximate surface area is 118 Å². The molecule has 3 rings (SSSR count). The Hall–Kier alpha value is -2.01. The Morgan fingerprint density at radius 3 is 3.00 bits per heavy atom. The van der Waals surface area contributed by atoms with Gasteiger partial charge in [-0.1, -0.05) is 36.8 Å². The monoisotopic (exact) mass is 270 g/mol. The van der Waals surface area contributed by atoms with Crippen molar-refractivity contribution in [1.82, 2.24) is 20.3 Å². The van der Waals surface area contributed by atoms with Crippen LogP contribution in [0.1, 0.15) is 41.0 Å². The molecular weight excluding hydrogens is 252 g/mol. The molecule has 0 atom stereocenters. The third-order valence-electron chi connectivity index (χ3n) is 3.60.